The second-order valence-corrected chi connectivity index (χ2v) is 3.30. The molecule has 2 aromatic heterocycles. The molecule has 0 saturated heterocycles. The van der Waals surface area contributed by atoms with Crippen LogP contribution in [0.1, 0.15) is 13.3 Å². The fraction of sp³-hybridized carbons (Fsp3) is 0.375. The standard InChI is InChI=1S/C8H9ClN4O/c1-2-3-13-7-5(12-8(13)14)6(9)10-4-11-7/h4H,2-3H2,1H3,(H,12,14). The quantitative estimate of drug-likeness (QED) is 0.761. The summed E-state index contributed by atoms with van der Waals surface area (Å²) in [5.74, 6) is 0. The maximum atomic E-state index is 11.5. The summed E-state index contributed by atoms with van der Waals surface area (Å²) in [5, 5.41) is 0.280. The molecule has 0 radical (unpaired) electrons. The molecule has 6 heteroatoms. The van der Waals surface area contributed by atoms with Gasteiger partial charge in [0.1, 0.15) is 11.8 Å². The van der Waals surface area contributed by atoms with Crippen LogP contribution in [0.3, 0.4) is 0 Å². The molecule has 0 aliphatic carbocycles. The number of hydrogen-bond acceptors (Lipinski definition) is 3. The number of nitrogens with zero attached hydrogens (tertiary/aromatic N) is 3. The molecule has 0 aliphatic heterocycles. The van der Waals surface area contributed by atoms with E-state index in [9.17, 15) is 4.79 Å². The number of H-pyrrole nitrogens is 1. The molecule has 0 bridgehead atoms. The van der Waals surface area contributed by atoms with Gasteiger partial charge >= 0.3 is 5.69 Å². The van der Waals surface area contributed by atoms with Crippen LogP contribution in [0.2, 0.25) is 5.15 Å². The fourth-order valence-corrected chi connectivity index (χ4v) is 1.54. The van der Waals surface area contributed by atoms with Crippen molar-refractivity contribution in [3.63, 3.8) is 0 Å². The molecule has 0 fully saturated rings. The molecule has 0 aromatic carbocycles. The first-order chi connectivity index (χ1) is 6.74. The largest absolute Gasteiger partial charge is 0.327 e. The van der Waals surface area contributed by atoms with E-state index >= 15 is 0 Å². The topological polar surface area (TPSA) is 63.6 Å². The fourth-order valence-electron chi connectivity index (χ4n) is 1.37. The van der Waals surface area contributed by atoms with Gasteiger partial charge in [0.25, 0.3) is 0 Å². The first-order valence-corrected chi connectivity index (χ1v) is 4.71. The van der Waals surface area contributed by atoms with Crippen LogP contribution in [0.4, 0.5) is 0 Å². The van der Waals surface area contributed by atoms with Crippen molar-refractivity contribution >= 4 is 22.8 Å². The molecule has 0 atom stereocenters. The van der Waals surface area contributed by atoms with Gasteiger partial charge in [0.2, 0.25) is 0 Å². The van der Waals surface area contributed by atoms with Gasteiger partial charge < -0.3 is 4.98 Å². The Morgan fingerprint density at radius 2 is 2.36 bits per heavy atom. The first kappa shape index (κ1) is 9.21. The minimum atomic E-state index is -0.191. The van der Waals surface area contributed by atoms with E-state index in [1.165, 1.54) is 6.33 Å². The SMILES string of the molecule is CCCn1c(=O)[nH]c2c(Cl)ncnc21. The highest BCUT2D eigenvalue weighted by molar-refractivity contribution is 6.33. The zero-order valence-electron chi connectivity index (χ0n) is 7.62. The van der Waals surface area contributed by atoms with E-state index in [0.717, 1.165) is 6.42 Å². The molecular weight excluding hydrogens is 204 g/mol. The van der Waals surface area contributed by atoms with E-state index in [4.69, 9.17) is 11.6 Å². The van der Waals surface area contributed by atoms with Crippen LogP contribution in [0.25, 0.3) is 11.2 Å². The number of imidazole rings is 1. The summed E-state index contributed by atoms with van der Waals surface area (Å²) in [7, 11) is 0. The van der Waals surface area contributed by atoms with Gasteiger partial charge in [-0.1, -0.05) is 18.5 Å². The number of halogens is 1. The molecule has 0 unspecified atom stereocenters. The van der Waals surface area contributed by atoms with Crippen LogP contribution < -0.4 is 5.69 Å². The minimum absolute atomic E-state index is 0.191. The molecule has 0 spiro atoms. The predicted octanol–water partition coefficient (Wildman–Crippen LogP) is 1.18. The third-order valence-corrected chi connectivity index (χ3v) is 2.25. The Morgan fingerprint density at radius 3 is 3.07 bits per heavy atom. The Kier molecular flexibility index (Phi) is 2.25. The lowest BCUT2D eigenvalue weighted by molar-refractivity contribution is 0.669. The summed E-state index contributed by atoms with van der Waals surface area (Å²) in [6, 6.07) is 0. The van der Waals surface area contributed by atoms with Crippen LogP contribution in [-0.4, -0.2) is 19.5 Å². The van der Waals surface area contributed by atoms with E-state index in [1.54, 1.807) is 4.57 Å². The average Bonchev–Trinajstić information content (AvgIpc) is 2.47. The number of hydrogen-bond donors (Lipinski definition) is 1. The van der Waals surface area contributed by atoms with Gasteiger partial charge in [-0.05, 0) is 6.42 Å². The highest BCUT2D eigenvalue weighted by Crippen LogP contribution is 2.14. The third-order valence-electron chi connectivity index (χ3n) is 1.96. The van der Waals surface area contributed by atoms with Crippen molar-refractivity contribution in [2.45, 2.75) is 19.9 Å². The molecule has 0 aliphatic rings. The van der Waals surface area contributed by atoms with Crippen molar-refractivity contribution in [1.29, 1.82) is 0 Å². The lowest BCUT2D eigenvalue weighted by Gasteiger charge is -1.98. The lowest BCUT2D eigenvalue weighted by atomic mass is 10.4. The number of rotatable bonds is 2. The average molecular weight is 213 g/mol. The van der Waals surface area contributed by atoms with Gasteiger partial charge in [-0.3, -0.25) is 4.57 Å². The van der Waals surface area contributed by atoms with Crippen molar-refractivity contribution < 1.29 is 0 Å². The van der Waals surface area contributed by atoms with E-state index in [0.29, 0.717) is 17.7 Å². The summed E-state index contributed by atoms with van der Waals surface area (Å²) in [4.78, 5) is 21.9. The molecule has 0 amide bonds. The zero-order chi connectivity index (χ0) is 10.1. The second-order valence-electron chi connectivity index (χ2n) is 2.94. The van der Waals surface area contributed by atoms with Gasteiger partial charge in [-0.25, -0.2) is 14.8 Å². The summed E-state index contributed by atoms with van der Waals surface area (Å²) >= 11 is 5.81. The molecule has 74 valence electrons. The Morgan fingerprint density at radius 1 is 1.57 bits per heavy atom. The van der Waals surface area contributed by atoms with Crippen LogP contribution in [0.5, 0.6) is 0 Å². The summed E-state index contributed by atoms with van der Waals surface area (Å²) in [5.41, 5.74) is 0.883. The predicted molar refractivity (Wildman–Crippen MR) is 53.4 cm³/mol. The number of aromatic amines is 1. The third kappa shape index (κ3) is 1.29. The van der Waals surface area contributed by atoms with Gasteiger partial charge in [0.15, 0.2) is 10.8 Å². The Labute approximate surface area is 84.8 Å². The van der Waals surface area contributed by atoms with E-state index in [2.05, 4.69) is 15.0 Å². The van der Waals surface area contributed by atoms with E-state index < -0.39 is 0 Å². The number of fused-ring (bicyclic) bond motifs is 1. The minimum Gasteiger partial charge on any atom is -0.302 e. The van der Waals surface area contributed by atoms with Crippen molar-refractivity contribution in [3.8, 4) is 0 Å². The van der Waals surface area contributed by atoms with Crippen molar-refractivity contribution in [2.24, 2.45) is 0 Å². The highest BCUT2D eigenvalue weighted by atomic mass is 35.5. The van der Waals surface area contributed by atoms with Crippen LogP contribution in [0.15, 0.2) is 11.1 Å². The normalized spacial score (nSPS) is 11.0. The van der Waals surface area contributed by atoms with Crippen LogP contribution >= 0.6 is 11.6 Å². The number of aryl methyl sites for hydroxylation is 1. The van der Waals surface area contributed by atoms with E-state index in [1.807, 2.05) is 6.92 Å². The lowest BCUT2D eigenvalue weighted by Crippen LogP contribution is -2.16. The van der Waals surface area contributed by atoms with Crippen molar-refractivity contribution in [3.05, 3.63) is 22.0 Å². The highest BCUT2D eigenvalue weighted by Gasteiger charge is 2.09. The molecule has 0 saturated carbocycles. The Hall–Kier alpha value is -1.36. The molecule has 14 heavy (non-hydrogen) atoms. The Balaban J connectivity index is 2.77. The van der Waals surface area contributed by atoms with Crippen LogP contribution in [-0.2, 0) is 6.54 Å². The smallest absolute Gasteiger partial charge is 0.302 e. The van der Waals surface area contributed by atoms with Gasteiger partial charge in [-0.2, -0.15) is 0 Å². The van der Waals surface area contributed by atoms with Gasteiger partial charge in [0, 0.05) is 6.54 Å². The first-order valence-electron chi connectivity index (χ1n) is 4.33. The monoisotopic (exact) mass is 212 g/mol. The molecule has 5 nitrogen and oxygen atoms in total. The molecule has 1 N–H and O–H groups in total. The summed E-state index contributed by atoms with van der Waals surface area (Å²) in [6.45, 7) is 2.63. The van der Waals surface area contributed by atoms with Gasteiger partial charge in [0.05, 0.1) is 0 Å². The van der Waals surface area contributed by atoms with E-state index in [-0.39, 0.29) is 10.8 Å². The summed E-state index contributed by atoms with van der Waals surface area (Å²) in [6.07, 6.45) is 2.22. The number of aromatic nitrogens is 4. The van der Waals surface area contributed by atoms with Crippen molar-refractivity contribution in [1.82, 2.24) is 19.5 Å². The molecular formula is C8H9ClN4O. The maximum absolute atomic E-state index is 11.5. The maximum Gasteiger partial charge on any atom is 0.327 e. The molecule has 2 heterocycles. The second kappa shape index (κ2) is 3.42. The van der Waals surface area contributed by atoms with Gasteiger partial charge in [-0.15, -0.1) is 0 Å². The summed E-state index contributed by atoms with van der Waals surface area (Å²) < 4.78 is 1.56. The molecule has 2 rings (SSSR count). The molecule has 2 aromatic rings. The zero-order valence-corrected chi connectivity index (χ0v) is 8.38. The Bertz CT molecular complexity index is 516. The number of nitrogens with one attached hydrogen (secondary N) is 1. The van der Waals surface area contributed by atoms with Crippen LogP contribution in [0, 0.1) is 0 Å². The van der Waals surface area contributed by atoms with Crippen molar-refractivity contribution in [2.75, 3.05) is 0 Å².